The highest BCUT2D eigenvalue weighted by molar-refractivity contribution is 7.99. The molecule has 0 heterocycles. The molecule has 0 saturated heterocycles. The minimum Gasteiger partial charge on any atom is -0.312 e. The zero-order chi connectivity index (χ0) is 11.9. The lowest BCUT2D eigenvalue weighted by Crippen LogP contribution is -2.18. The first kappa shape index (κ1) is 12.2. The maximum atomic E-state index is 3.37. The van der Waals surface area contributed by atoms with E-state index in [1.165, 1.54) is 10.5 Å². The van der Waals surface area contributed by atoms with Crippen molar-refractivity contribution in [3.63, 3.8) is 0 Å². The van der Waals surface area contributed by atoms with E-state index in [1.807, 2.05) is 18.8 Å². The van der Waals surface area contributed by atoms with Crippen molar-refractivity contribution in [1.29, 1.82) is 0 Å². The molecule has 0 aliphatic rings. The van der Waals surface area contributed by atoms with Crippen LogP contribution >= 0.6 is 11.8 Å². The second kappa shape index (κ2) is 6.48. The molecule has 0 spiro atoms. The van der Waals surface area contributed by atoms with Crippen LogP contribution in [0.15, 0.2) is 65.6 Å². The van der Waals surface area contributed by atoms with Crippen LogP contribution < -0.4 is 5.32 Å². The first-order valence-electron chi connectivity index (χ1n) is 5.80. The minimum absolute atomic E-state index is 0.404. The van der Waals surface area contributed by atoms with Crippen molar-refractivity contribution < 1.29 is 0 Å². The van der Waals surface area contributed by atoms with E-state index in [-0.39, 0.29) is 0 Å². The summed E-state index contributed by atoms with van der Waals surface area (Å²) in [6, 6.07) is 21.5. The first-order chi connectivity index (χ1) is 8.40. The fraction of sp³-hybridized carbons (Fsp3) is 0.200. The summed E-state index contributed by atoms with van der Waals surface area (Å²) < 4.78 is 0. The van der Waals surface area contributed by atoms with Crippen LogP contribution in [-0.2, 0) is 0 Å². The van der Waals surface area contributed by atoms with E-state index >= 15 is 0 Å². The predicted molar refractivity (Wildman–Crippen MR) is 75.4 cm³/mol. The second-order valence-electron chi connectivity index (χ2n) is 3.88. The zero-order valence-electron chi connectivity index (χ0n) is 9.97. The highest BCUT2D eigenvalue weighted by atomic mass is 32.2. The molecule has 1 N–H and O–H groups in total. The van der Waals surface area contributed by atoms with Crippen LogP contribution in [0.5, 0.6) is 0 Å². The Kier molecular flexibility index (Phi) is 4.65. The number of thioether (sulfide) groups is 1. The third-order valence-electron chi connectivity index (χ3n) is 2.71. The Hall–Kier alpha value is -1.25. The smallest absolute Gasteiger partial charge is 0.0412 e. The molecular weight excluding hydrogens is 226 g/mol. The normalized spacial score (nSPS) is 12.3. The molecule has 0 bridgehead atoms. The van der Waals surface area contributed by atoms with Gasteiger partial charge in [0.1, 0.15) is 0 Å². The third kappa shape index (κ3) is 3.62. The summed E-state index contributed by atoms with van der Waals surface area (Å²) in [5.41, 5.74) is 1.35. The van der Waals surface area contributed by atoms with E-state index in [4.69, 9.17) is 0 Å². The molecule has 2 rings (SSSR count). The van der Waals surface area contributed by atoms with Gasteiger partial charge in [0, 0.05) is 16.7 Å². The molecule has 0 aromatic heterocycles. The lowest BCUT2D eigenvalue weighted by molar-refractivity contribution is 0.662. The fourth-order valence-electron chi connectivity index (χ4n) is 1.73. The molecular formula is C15H17NS. The molecule has 0 saturated carbocycles. The highest BCUT2D eigenvalue weighted by Crippen LogP contribution is 2.24. The third-order valence-corrected chi connectivity index (χ3v) is 3.82. The topological polar surface area (TPSA) is 12.0 Å². The van der Waals surface area contributed by atoms with Gasteiger partial charge in [0.2, 0.25) is 0 Å². The number of benzene rings is 2. The maximum absolute atomic E-state index is 3.37. The summed E-state index contributed by atoms with van der Waals surface area (Å²) in [7, 11) is 2.02. The van der Waals surface area contributed by atoms with Crippen LogP contribution in [0.25, 0.3) is 0 Å². The Labute approximate surface area is 107 Å². The van der Waals surface area contributed by atoms with Gasteiger partial charge in [-0.2, -0.15) is 0 Å². The van der Waals surface area contributed by atoms with Gasteiger partial charge in [-0.25, -0.2) is 0 Å². The van der Waals surface area contributed by atoms with E-state index in [2.05, 4.69) is 66.0 Å². The van der Waals surface area contributed by atoms with Gasteiger partial charge in [-0.3, -0.25) is 0 Å². The van der Waals surface area contributed by atoms with E-state index in [0.29, 0.717) is 6.04 Å². The van der Waals surface area contributed by atoms with Crippen molar-refractivity contribution in [3.05, 3.63) is 66.2 Å². The van der Waals surface area contributed by atoms with Crippen molar-refractivity contribution in [2.24, 2.45) is 0 Å². The van der Waals surface area contributed by atoms with Gasteiger partial charge in [0.25, 0.3) is 0 Å². The zero-order valence-corrected chi connectivity index (χ0v) is 10.8. The van der Waals surface area contributed by atoms with Gasteiger partial charge >= 0.3 is 0 Å². The van der Waals surface area contributed by atoms with Crippen LogP contribution in [0.4, 0.5) is 0 Å². The molecule has 0 amide bonds. The quantitative estimate of drug-likeness (QED) is 0.803. The van der Waals surface area contributed by atoms with Crippen molar-refractivity contribution in [2.45, 2.75) is 10.9 Å². The summed E-state index contributed by atoms with van der Waals surface area (Å²) in [6.45, 7) is 0. The summed E-state index contributed by atoms with van der Waals surface area (Å²) >= 11 is 1.89. The monoisotopic (exact) mass is 243 g/mol. The molecule has 88 valence electrons. The molecule has 1 nitrogen and oxygen atoms in total. The van der Waals surface area contributed by atoms with Crippen molar-refractivity contribution >= 4 is 11.8 Å². The van der Waals surface area contributed by atoms with Gasteiger partial charge in [-0.15, -0.1) is 11.8 Å². The molecule has 0 radical (unpaired) electrons. The van der Waals surface area contributed by atoms with E-state index in [1.54, 1.807) is 0 Å². The average Bonchev–Trinajstić information content (AvgIpc) is 2.42. The number of rotatable bonds is 5. The summed E-state index contributed by atoms with van der Waals surface area (Å²) in [5, 5.41) is 3.37. The predicted octanol–water partition coefficient (Wildman–Crippen LogP) is 3.74. The Balaban J connectivity index is 1.97. The van der Waals surface area contributed by atoms with Crippen molar-refractivity contribution in [3.8, 4) is 0 Å². The van der Waals surface area contributed by atoms with Gasteiger partial charge in [0.15, 0.2) is 0 Å². The molecule has 2 aromatic rings. The Morgan fingerprint density at radius 1 is 0.941 bits per heavy atom. The lowest BCUT2D eigenvalue weighted by Gasteiger charge is -2.16. The Morgan fingerprint density at radius 3 is 2.12 bits per heavy atom. The molecule has 2 aromatic carbocycles. The summed E-state index contributed by atoms with van der Waals surface area (Å²) in [6.07, 6.45) is 0. The van der Waals surface area contributed by atoms with Crippen molar-refractivity contribution in [1.82, 2.24) is 5.32 Å². The number of hydrogen-bond acceptors (Lipinski definition) is 2. The van der Waals surface area contributed by atoms with Crippen LogP contribution in [0.2, 0.25) is 0 Å². The standard InChI is InChI=1S/C15H17NS/c1-16-15(13-8-4-2-5-9-13)12-17-14-10-6-3-7-11-14/h2-11,15-16H,12H2,1H3/t15-/m1/s1. The molecule has 0 aliphatic carbocycles. The first-order valence-corrected chi connectivity index (χ1v) is 6.79. The van der Waals surface area contributed by atoms with Crippen LogP contribution in [0.3, 0.4) is 0 Å². The van der Waals surface area contributed by atoms with Crippen molar-refractivity contribution in [2.75, 3.05) is 12.8 Å². The van der Waals surface area contributed by atoms with Crippen LogP contribution in [0, 0.1) is 0 Å². The SMILES string of the molecule is CN[C@H](CSc1ccccc1)c1ccccc1. The van der Waals surface area contributed by atoms with E-state index in [9.17, 15) is 0 Å². The molecule has 0 unspecified atom stereocenters. The summed E-state index contributed by atoms with van der Waals surface area (Å²) in [5.74, 6) is 1.05. The number of hydrogen-bond donors (Lipinski definition) is 1. The molecule has 0 fully saturated rings. The maximum Gasteiger partial charge on any atom is 0.0412 e. The highest BCUT2D eigenvalue weighted by Gasteiger charge is 2.08. The van der Waals surface area contributed by atoms with Crippen LogP contribution in [0.1, 0.15) is 11.6 Å². The largest absolute Gasteiger partial charge is 0.312 e. The molecule has 0 aliphatic heterocycles. The van der Waals surface area contributed by atoms with Gasteiger partial charge in [0.05, 0.1) is 0 Å². The fourth-order valence-corrected chi connectivity index (χ4v) is 2.80. The number of nitrogens with one attached hydrogen (secondary N) is 1. The van der Waals surface area contributed by atoms with Crippen LogP contribution in [-0.4, -0.2) is 12.8 Å². The second-order valence-corrected chi connectivity index (χ2v) is 4.97. The Bertz CT molecular complexity index is 427. The van der Waals surface area contributed by atoms with Gasteiger partial charge in [-0.1, -0.05) is 48.5 Å². The average molecular weight is 243 g/mol. The lowest BCUT2D eigenvalue weighted by atomic mass is 10.1. The minimum atomic E-state index is 0.404. The molecule has 1 atom stereocenters. The molecule has 17 heavy (non-hydrogen) atoms. The Morgan fingerprint density at radius 2 is 1.53 bits per heavy atom. The molecule has 2 heteroatoms. The van der Waals surface area contributed by atoms with E-state index < -0.39 is 0 Å². The van der Waals surface area contributed by atoms with E-state index in [0.717, 1.165) is 5.75 Å². The van der Waals surface area contributed by atoms with Gasteiger partial charge in [-0.05, 0) is 24.7 Å². The summed E-state index contributed by atoms with van der Waals surface area (Å²) in [4.78, 5) is 1.32. The van der Waals surface area contributed by atoms with Gasteiger partial charge < -0.3 is 5.32 Å².